The first-order valence-electron chi connectivity index (χ1n) is 6.98. The Kier molecular flexibility index (Phi) is 5.29. The molecule has 0 spiro atoms. The average molecular weight is 319 g/mol. The molecule has 118 valence electrons. The zero-order valence-corrected chi connectivity index (χ0v) is 12.4. The smallest absolute Gasteiger partial charge is 0.211 e. The van der Waals surface area contributed by atoms with Crippen molar-refractivity contribution in [3.8, 4) is 0 Å². The molecule has 1 aliphatic carbocycles. The lowest BCUT2D eigenvalue weighted by molar-refractivity contribution is 0.172. The summed E-state index contributed by atoms with van der Waals surface area (Å²) in [5.74, 6) is -1.65. The number of nitrogens with one attached hydrogen (secondary N) is 1. The van der Waals surface area contributed by atoms with Crippen molar-refractivity contribution in [3.63, 3.8) is 0 Å². The Balaban J connectivity index is 1.95. The highest BCUT2D eigenvalue weighted by Crippen LogP contribution is 2.26. The number of sulfonamides is 1. The lowest BCUT2D eigenvalue weighted by Crippen LogP contribution is -2.33. The number of halogens is 2. The number of rotatable bonds is 6. The molecule has 1 aliphatic rings. The summed E-state index contributed by atoms with van der Waals surface area (Å²) < 4.78 is 52.9. The van der Waals surface area contributed by atoms with Gasteiger partial charge in [-0.25, -0.2) is 21.9 Å². The summed E-state index contributed by atoms with van der Waals surface area (Å²) in [6, 6.07) is 3.23. The summed E-state index contributed by atoms with van der Waals surface area (Å²) in [5.41, 5.74) is -0.513. The van der Waals surface area contributed by atoms with Gasteiger partial charge in [0, 0.05) is 6.54 Å². The van der Waals surface area contributed by atoms with Crippen molar-refractivity contribution in [2.24, 2.45) is 5.92 Å². The van der Waals surface area contributed by atoms with Crippen LogP contribution in [0, 0.1) is 17.6 Å². The molecule has 1 atom stereocenters. The first kappa shape index (κ1) is 16.3. The molecule has 0 saturated heterocycles. The topological polar surface area (TPSA) is 66.4 Å². The molecule has 2 rings (SSSR count). The second-order valence-corrected chi connectivity index (χ2v) is 7.28. The van der Waals surface area contributed by atoms with E-state index in [2.05, 4.69) is 4.72 Å². The molecular formula is C14H19F2NO3S. The molecule has 2 N–H and O–H groups in total. The van der Waals surface area contributed by atoms with Crippen LogP contribution in [0.2, 0.25) is 0 Å². The van der Waals surface area contributed by atoms with E-state index in [1.807, 2.05) is 0 Å². The van der Waals surface area contributed by atoms with E-state index in [0.29, 0.717) is 0 Å². The summed E-state index contributed by atoms with van der Waals surface area (Å²) in [5, 5.41) is 9.80. The number of aliphatic hydroxyl groups excluding tert-OH is 1. The van der Waals surface area contributed by atoms with Crippen LogP contribution in [-0.2, 0) is 10.0 Å². The molecule has 21 heavy (non-hydrogen) atoms. The van der Waals surface area contributed by atoms with Gasteiger partial charge in [0.2, 0.25) is 10.0 Å². The minimum atomic E-state index is -3.55. The Bertz CT molecular complexity index is 566. The number of benzene rings is 1. The van der Waals surface area contributed by atoms with Crippen molar-refractivity contribution in [1.29, 1.82) is 0 Å². The summed E-state index contributed by atoms with van der Waals surface area (Å²) in [7, 11) is -3.55. The van der Waals surface area contributed by atoms with Crippen LogP contribution in [0.1, 0.15) is 37.4 Å². The minimum absolute atomic E-state index is 0.000522. The third kappa shape index (κ3) is 4.46. The van der Waals surface area contributed by atoms with Crippen LogP contribution < -0.4 is 4.72 Å². The van der Waals surface area contributed by atoms with E-state index >= 15 is 0 Å². The molecule has 1 aromatic rings. The Labute approximate surface area is 123 Å². The van der Waals surface area contributed by atoms with Crippen molar-refractivity contribution < 1.29 is 22.3 Å². The fourth-order valence-corrected chi connectivity index (χ4v) is 4.17. The van der Waals surface area contributed by atoms with Gasteiger partial charge in [0.05, 0.1) is 17.4 Å². The minimum Gasteiger partial charge on any atom is -0.387 e. The van der Waals surface area contributed by atoms with E-state index in [1.54, 1.807) is 0 Å². The second kappa shape index (κ2) is 6.81. The van der Waals surface area contributed by atoms with Crippen LogP contribution >= 0.6 is 0 Å². The summed E-state index contributed by atoms with van der Waals surface area (Å²) in [6.45, 7) is -0.438. The number of hydrogen-bond donors (Lipinski definition) is 2. The predicted molar refractivity (Wildman–Crippen MR) is 75.1 cm³/mol. The number of hydrogen-bond acceptors (Lipinski definition) is 3. The molecular weight excluding hydrogens is 300 g/mol. The van der Waals surface area contributed by atoms with Gasteiger partial charge in [-0.2, -0.15) is 0 Å². The van der Waals surface area contributed by atoms with Crippen LogP contribution in [0.25, 0.3) is 0 Å². The lowest BCUT2D eigenvalue weighted by Gasteiger charge is -2.15. The van der Waals surface area contributed by atoms with Crippen LogP contribution in [0.15, 0.2) is 18.2 Å². The van der Waals surface area contributed by atoms with Crippen LogP contribution in [-0.4, -0.2) is 25.8 Å². The van der Waals surface area contributed by atoms with Crippen LogP contribution in [0.4, 0.5) is 8.78 Å². The zero-order chi connectivity index (χ0) is 15.5. The van der Waals surface area contributed by atoms with Gasteiger partial charge >= 0.3 is 0 Å². The van der Waals surface area contributed by atoms with E-state index in [9.17, 15) is 22.3 Å². The number of aliphatic hydroxyl groups is 1. The van der Waals surface area contributed by atoms with E-state index in [4.69, 9.17) is 0 Å². The standard InChI is InChI=1S/C14H19F2NO3S/c15-11-6-3-7-12(16)14(11)13(18)8-17-21(19,20)9-10-4-1-2-5-10/h3,6-7,10,13,17-18H,1-2,4-5,8-9H2. The molecule has 1 saturated carbocycles. The maximum atomic E-state index is 13.5. The van der Waals surface area contributed by atoms with Gasteiger partial charge in [-0.1, -0.05) is 18.9 Å². The van der Waals surface area contributed by atoms with E-state index in [0.717, 1.165) is 37.8 Å². The molecule has 1 unspecified atom stereocenters. The van der Waals surface area contributed by atoms with Crippen molar-refractivity contribution >= 4 is 10.0 Å². The van der Waals surface area contributed by atoms with Gasteiger partial charge in [0.15, 0.2) is 0 Å². The van der Waals surface area contributed by atoms with Crippen LogP contribution in [0.3, 0.4) is 0 Å². The third-order valence-corrected chi connectivity index (χ3v) is 5.28. The highest BCUT2D eigenvalue weighted by Gasteiger charge is 2.24. The zero-order valence-electron chi connectivity index (χ0n) is 11.6. The van der Waals surface area contributed by atoms with Gasteiger partial charge in [-0.3, -0.25) is 0 Å². The fraction of sp³-hybridized carbons (Fsp3) is 0.571. The van der Waals surface area contributed by atoms with E-state index in [-0.39, 0.29) is 11.7 Å². The SMILES string of the molecule is O=S(=O)(CC1CCCC1)NCC(O)c1c(F)cccc1F. The van der Waals surface area contributed by atoms with E-state index in [1.165, 1.54) is 6.07 Å². The van der Waals surface area contributed by atoms with Crippen molar-refractivity contribution in [3.05, 3.63) is 35.4 Å². The van der Waals surface area contributed by atoms with Gasteiger partial charge in [0.25, 0.3) is 0 Å². The molecule has 0 heterocycles. The second-order valence-electron chi connectivity index (χ2n) is 5.43. The molecule has 0 aliphatic heterocycles. The summed E-state index contributed by atoms with van der Waals surface area (Å²) in [4.78, 5) is 0. The summed E-state index contributed by atoms with van der Waals surface area (Å²) >= 11 is 0. The van der Waals surface area contributed by atoms with Gasteiger partial charge < -0.3 is 5.11 Å². The molecule has 0 aromatic heterocycles. The maximum absolute atomic E-state index is 13.5. The van der Waals surface area contributed by atoms with Gasteiger partial charge in [-0.05, 0) is 30.9 Å². The molecule has 0 bridgehead atoms. The quantitative estimate of drug-likeness (QED) is 0.844. The average Bonchev–Trinajstić information content (AvgIpc) is 2.88. The Morgan fingerprint density at radius 1 is 1.24 bits per heavy atom. The third-order valence-electron chi connectivity index (χ3n) is 3.76. The van der Waals surface area contributed by atoms with Crippen molar-refractivity contribution in [2.75, 3.05) is 12.3 Å². The predicted octanol–water partition coefficient (Wildman–Crippen LogP) is 2.11. The molecule has 7 heteroatoms. The first-order chi connectivity index (χ1) is 9.89. The summed E-state index contributed by atoms with van der Waals surface area (Å²) in [6.07, 6.45) is 2.27. The fourth-order valence-electron chi connectivity index (χ4n) is 2.68. The Morgan fingerprint density at radius 2 is 1.81 bits per heavy atom. The Hall–Kier alpha value is -1.05. The molecule has 1 aromatic carbocycles. The molecule has 0 amide bonds. The lowest BCUT2D eigenvalue weighted by atomic mass is 10.1. The maximum Gasteiger partial charge on any atom is 0.211 e. The normalized spacial score (nSPS) is 18.0. The Morgan fingerprint density at radius 3 is 2.38 bits per heavy atom. The monoisotopic (exact) mass is 319 g/mol. The van der Waals surface area contributed by atoms with Crippen molar-refractivity contribution in [1.82, 2.24) is 4.72 Å². The van der Waals surface area contributed by atoms with Crippen LogP contribution in [0.5, 0.6) is 0 Å². The van der Waals surface area contributed by atoms with Crippen molar-refractivity contribution in [2.45, 2.75) is 31.8 Å². The van der Waals surface area contributed by atoms with E-state index < -0.39 is 39.9 Å². The largest absolute Gasteiger partial charge is 0.387 e. The molecule has 0 radical (unpaired) electrons. The van der Waals surface area contributed by atoms with Gasteiger partial charge in [0.1, 0.15) is 11.6 Å². The molecule has 4 nitrogen and oxygen atoms in total. The highest BCUT2D eigenvalue weighted by atomic mass is 32.2. The highest BCUT2D eigenvalue weighted by molar-refractivity contribution is 7.89. The van der Waals surface area contributed by atoms with Gasteiger partial charge in [-0.15, -0.1) is 0 Å². The first-order valence-corrected chi connectivity index (χ1v) is 8.63. The molecule has 1 fully saturated rings.